The lowest BCUT2D eigenvalue weighted by Crippen LogP contribution is -2.10. The Balaban J connectivity index is 0.000000223. The molecule has 0 atom stereocenters. The number of anilines is 3. The SMILES string of the molecule is CC.CC.CCc1sc2ccccc2c1/C(C)=C(\C)C1=C(C)CCC=C1.Cc1ccc(-c2ccc(N(c3ccc(C4=CCCC=C4)cc3)c3ccc(-c4ccccc4)cc3)cc2)cc1. The van der Waals surface area contributed by atoms with Gasteiger partial charge in [0.05, 0.1) is 0 Å². The molecule has 1 heterocycles. The average Bonchev–Trinajstić information content (AvgIpc) is 3.76. The Morgan fingerprint density at radius 2 is 1.02 bits per heavy atom. The number of fused-ring (bicyclic) bond motifs is 1. The monoisotopic (exact) mass is 857 g/mol. The number of nitrogens with zero attached hydrogens (tertiary/aromatic N) is 1. The van der Waals surface area contributed by atoms with Crippen molar-refractivity contribution in [2.75, 3.05) is 4.90 Å². The van der Waals surface area contributed by atoms with Crippen LogP contribution in [0.25, 0.3) is 43.5 Å². The Labute approximate surface area is 389 Å². The summed E-state index contributed by atoms with van der Waals surface area (Å²) in [6, 6.07) is 54.8. The molecule has 0 spiro atoms. The summed E-state index contributed by atoms with van der Waals surface area (Å²) in [5.41, 5.74) is 19.5. The topological polar surface area (TPSA) is 3.24 Å². The molecular weight excluding hydrogens is 791 g/mol. The van der Waals surface area contributed by atoms with Crippen LogP contribution in [-0.4, -0.2) is 0 Å². The van der Waals surface area contributed by atoms with E-state index < -0.39 is 0 Å². The van der Waals surface area contributed by atoms with Crippen LogP contribution in [0.15, 0.2) is 199 Å². The van der Waals surface area contributed by atoms with E-state index in [1.807, 2.05) is 39.0 Å². The third-order valence-corrected chi connectivity index (χ3v) is 13.3. The summed E-state index contributed by atoms with van der Waals surface area (Å²) in [5, 5.41) is 1.42. The second-order valence-corrected chi connectivity index (χ2v) is 17.1. The molecule has 2 aliphatic rings. The lowest BCUT2D eigenvalue weighted by Gasteiger charge is -2.26. The van der Waals surface area contributed by atoms with Gasteiger partial charge in [0.15, 0.2) is 0 Å². The highest BCUT2D eigenvalue weighted by atomic mass is 32.1. The summed E-state index contributed by atoms with van der Waals surface area (Å²) in [5.74, 6) is 0. The van der Waals surface area contributed by atoms with E-state index in [2.05, 4.69) is 222 Å². The van der Waals surface area contributed by atoms with Crippen molar-refractivity contribution in [1.82, 2.24) is 0 Å². The summed E-state index contributed by atoms with van der Waals surface area (Å²) in [7, 11) is 0. The van der Waals surface area contributed by atoms with Crippen molar-refractivity contribution < 1.29 is 0 Å². The molecule has 0 aliphatic heterocycles. The highest BCUT2D eigenvalue weighted by Gasteiger charge is 2.17. The van der Waals surface area contributed by atoms with Crippen molar-refractivity contribution in [1.29, 1.82) is 0 Å². The molecule has 1 nitrogen and oxygen atoms in total. The highest BCUT2D eigenvalue weighted by molar-refractivity contribution is 7.19. The minimum absolute atomic E-state index is 1.10. The van der Waals surface area contributed by atoms with Gasteiger partial charge in [-0.15, -0.1) is 11.3 Å². The van der Waals surface area contributed by atoms with Gasteiger partial charge in [-0.3, -0.25) is 0 Å². The summed E-state index contributed by atoms with van der Waals surface area (Å²) in [6.45, 7) is 19.3. The smallest absolute Gasteiger partial charge is 0.0462 e. The van der Waals surface area contributed by atoms with Gasteiger partial charge in [0.2, 0.25) is 0 Å². The first kappa shape index (κ1) is 47.3. The van der Waals surface area contributed by atoms with E-state index >= 15 is 0 Å². The first-order chi connectivity index (χ1) is 31.4. The van der Waals surface area contributed by atoms with E-state index in [1.165, 1.54) is 94.6 Å². The predicted molar refractivity (Wildman–Crippen MR) is 286 cm³/mol. The quantitative estimate of drug-likeness (QED) is 0.140. The van der Waals surface area contributed by atoms with Gasteiger partial charge in [-0.25, -0.2) is 0 Å². The van der Waals surface area contributed by atoms with Gasteiger partial charge in [0.25, 0.3) is 0 Å². The van der Waals surface area contributed by atoms with Crippen LogP contribution in [0.4, 0.5) is 17.1 Å². The minimum atomic E-state index is 1.10. The fourth-order valence-electron chi connectivity index (χ4n) is 8.43. The second-order valence-electron chi connectivity index (χ2n) is 16.0. The number of thiophene rings is 1. The molecule has 0 radical (unpaired) electrons. The van der Waals surface area contributed by atoms with Crippen molar-refractivity contribution in [3.05, 3.63) is 220 Å². The molecule has 0 bridgehead atoms. The predicted octanol–water partition coefficient (Wildman–Crippen LogP) is 19.5. The van der Waals surface area contributed by atoms with Crippen molar-refractivity contribution in [2.45, 2.75) is 94.4 Å². The van der Waals surface area contributed by atoms with Crippen LogP contribution in [0, 0.1) is 6.92 Å². The second kappa shape index (κ2) is 23.5. The Morgan fingerprint density at radius 3 is 1.55 bits per heavy atom. The maximum absolute atomic E-state index is 2.34. The molecular formula is C62H67NS. The van der Waals surface area contributed by atoms with E-state index in [0.29, 0.717) is 0 Å². The fourth-order valence-corrected chi connectivity index (χ4v) is 9.63. The van der Waals surface area contributed by atoms with Crippen LogP contribution in [0.3, 0.4) is 0 Å². The molecule has 0 amide bonds. The Hall–Kier alpha value is -6.22. The van der Waals surface area contributed by atoms with Crippen molar-refractivity contribution in [3.63, 3.8) is 0 Å². The third kappa shape index (κ3) is 11.3. The molecule has 0 fully saturated rings. The van der Waals surface area contributed by atoms with Gasteiger partial charge in [0.1, 0.15) is 0 Å². The third-order valence-electron chi connectivity index (χ3n) is 12.0. The number of rotatable bonds is 9. The van der Waals surface area contributed by atoms with Crippen molar-refractivity contribution in [2.24, 2.45) is 0 Å². The molecule has 0 saturated carbocycles. The molecule has 0 saturated heterocycles. The molecule has 7 aromatic rings. The number of benzene rings is 6. The lowest BCUT2D eigenvalue weighted by molar-refractivity contribution is 0.942. The normalized spacial score (nSPS) is 13.4. The van der Waals surface area contributed by atoms with E-state index in [-0.39, 0.29) is 0 Å². The van der Waals surface area contributed by atoms with Crippen LogP contribution >= 0.6 is 11.3 Å². The van der Waals surface area contributed by atoms with Crippen molar-refractivity contribution >= 4 is 49.6 Å². The van der Waals surface area contributed by atoms with E-state index in [4.69, 9.17) is 0 Å². The van der Waals surface area contributed by atoms with E-state index in [9.17, 15) is 0 Å². The average molecular weight is 858 g/mol. The van der Waals surface area contributed by atoms with E-state index in [0.717, 1.165) is 36.3 Å². The zero-order valence-electron chi connectivity index (χ0n) is 39.7. The molecule has 0 unspecified atom stereocenters. The van der Waals surface area contributed by atoms with Gasteiger partial charge in [-0.1, -0.05) is 185 Å². The number of hydrogen-bond donors (Lipinski definition) is 0. The minimum Gasteiger partial charge on any atom is -0.311 e. The van der Waals surface area contributed by atoms with Crippen molar-refractivity contribution in [3.8, 4) is 22.3 Å². The van der Waals surface area contributed by atoms with Crippen LogP contribution < -0.4 is 4.90 Å². The summed E-state index contributed by atoms with van der Waals surface area (Å²) in [6.07, 6.45) is 17.2. The van der Waals surface area contributed by atoms with Gasteiger partial charge in [-0.2, -0.15) is 0 Å². The molecule has 0 N–H and O–H groups in total. The van der Waals surface area contributed by atoms with Gasteiger partial charge >= 0.3 is 0 Å². The molecule has 9 rings (SSSR count). The lowest BCUT2D eigenvalue weighted by atomic mass is 9.89. The Bertz CT molecular complexity index is 2720. The van der Waals surface area contributed by atoms with Gasteiger partial charge < -0.3 is 4.90 Å². The standard InChI is InChI=1S/C37H31N.C21H24S.2C2H6/c1-28-12-14-31(15-13-28)34-20-26-37(27-21-34)38(35-22-16-32(17-23-35)29-8-4-2-5-9-29)36-24-18-33(19-25-36)30-10-6-3-7-11-30;1-5-19-21(18-12-8-9-13-20(18)22-19)16(4)15(3)17-11-7-6-10-14(17)2;2*1-2/h2,4-6,8-27H,3,7H2,1H3;7-9,11-13H,5-6,10H2,1-4H3;2*1-2H3/b;16-15+;;. The highest BCUT2D eigenvalue weighted by Crippen LogP contribution is 2.40. The Morgan fingerprint density at radius 1 is 0.516 bits per heavy atom. The molecule has 2 aliphatic carbocycles. The molecule has 326 valence electrons. The summed E-state index contributed by atoms with van der Waals surface area (Å²) in [4.78, 5) is 3.85. The van der Waals surface area contributed by atoms with Gasteiger partial charge in [0, 0.05) is 32.0 Å². The van der Waals surface area contributed by atoms with Crippen LogP contribution in [0.5, 0.6) is 0 Å². The fraction of sp³-hybridized carbons (Fsp3) is 0.226. The maximum Gasteiger partial charge on any atom is 0.0462 e. The zero-order chi connectivity index (χ0) is 45.4. The summed E-state index contributed by atoms with van der Waals surface area (Å²) < 4.78 is 1.41. The zero-order valence-corrected chi connectivity index (χ0v) is 40.5. The molecule has 2 heteroatoms. The number of hydrogen-bond acceptors (Lipinski definition) is 2. The van der Waals surface area contributed by atoms with E-state index in [1.54, 1.807) is 0 Å². The molecule has 1 aromatic heterocycles. The summed E-state index contributed by atoms with van der Waals surface area (Å²) >= 11 is 1.95. The number of allylic oxidation sites excluding steroid dienone is 10. The van der Waals surface area contributed by atoms with Gasteiger partial charge in [-0.05, 0) is 158 Å². The van der Waals surface area contributed by atoms with Crippen LogP contribution in [0.1, 0.15) is 103 Å². The maximum atomic E-state index is 2.34. The largest absolute Gasteiger partial charge is 0.311 e. The first-order valence-corrected chi connectivity index (χ1v) is 24.3. The molecule has 64 heavy (non-hydrogen) atoms. The van der Waals surface area contributed by atoms with Crippen LogP contribution in [-0.2, 0) is 6.42 Å². The number of aryl methyl sites for hydroxylation is 2. The van der Waals surface area contributed by atoms with Crippen LogP contribution in [0.2, 0.25) is 0 Å². The Kier molecular flexibility index (Phi) is 17.3. The molecule has 6 aromatic carbocycles. The first-order valence-electron chi connectivity index (χ1n) is 23.5.